The molecule has 0 fully saturated rings. The van der Waals surface area contributed by atoms with Crippen LogP contribution in [0.3, 0.4) is 0 Å². The summed E-state index contributed by atoms with van der Waals surface area (Å²) in [6, 6.07) is 2.12. The van der Waals surface area contributed by atoms with E-state index in [2.05, 4.69) is 57.6 Å². The van der Waals surface area contributed by atoms with Crippen molar-refractivity contribution in [2.45, 2.75) is 56.6 Å². The van der Waals surface area contributed by atoms with Crippen molar-refractivity contribution in [3.8, 4) is 0 Å². The number of nitrogens with one attached hydrogen (secondary N) is 1. The molecular weight excluding hydrogens is 380 g/mol. The Labute approximate surface area is 167 Å². The Balaban J connectivity index is 1.84. The SMILES string of the molecule is CCCCn1c(SCc2nc3ccsc3c(=O)[nH]2)nnc1C(CC)N(C)C. The highest BCUT2D eigenvalue weighted by atomic mass is 32.2. The van der Waals surface area contributed by atoms with Crippen molar-refractivity contribution in [2.75, 3.05) is 14.1 Å². The normalized spacial score (nSPS) is 12.9. The minimum absolute atomic E-state index is 0.0719. The first-order chi connectivity index (χ1) is 13.0. The Hall–Kier alpha value is -1.71. The summed E-state index contributed by atoms with van der Waals surface area (Å²) < 4.78 is 2.90. The summed E-state index contributed by atoms with van der Waals surface area (Å²) in [5, 5.41) is 11.7. The fourth-order valence-corrected chi connectivity index (χ4v) is 4.65. The number of rotatable bonds is 9. The molecule has 1 N–H and O–H groups in total. The monoisotopic (exact) mass is 406 g/mol. The number of aromatic amines is 1. The van der Waals surface area contributed by atoms with Crippen LogP contribution >= 0.6 is 23.1 Å². The third kappa shape index (κ3) is 4.41. The summed E-state index contributed by atoms with van der Waals surface area (Å²) in [4.78, 5) is 21.8. The molecule has 0 aromatic carbocycles. The highest BCUT2D eigenvalue weighted by Crippen LogP contribution is 2.27. The molecule has 3 heterocycles. The molecule has 0 aliphatic rings. The number of aromatic nitrogens is 5. The molecule has 1 unspecified atom stereocenters. The van der Waals surface area contributed by atoms with Crippen LogP contribution in [0.15, 0.2) is 21.4 Å². The van der Waals surface area contributed by atoms with E-state index in [1.165, 1.54) is 11.3 Å². The molecule has 9 heteroatoms. The lowest BCUT2D eigenvalue weighted by Crippen LogP contribution is -2.23. The van der Waals surface area contributed by atoms with Crippen LogP contribution in [0.1, 0.15) is 50.8 Å². The molecular formula is C18H26N6OS2. The smallest absolute Gasteiger partial charge is 0.268 e. The Bertz CT molecular complexity index is 945. The van der Waals surface area contributed by atoms with Gasteiger partial charge in [-0.2, -0.15) is 0 Å². The lowest BCUT2D eigenvalue weighted by atomic mass is 10.2. The predicted molar refractivity (Wildman–Crippen MR) is 111 cm³/mol. The van der Waals surface area contributed by atoms with Gasteiger partial charge in [-0.25, -0.2) is 4.98 Å². The van der Waals surface area contributed by atoms with E-state index < -0.39 is 0 Å². The van der Waals surface area contributed by atoms with Crippen molar-refractivity contribution in [3.63, 3.8) is 0 Å². The van der Waals surface area contributed by atoms with Gasteiger partial charge in [0.1, 0.15) is 10.5 Å². The van der Waals surface area contributed by atoms with E-state index in [9.17, 15) is 4.79 Å². The molecule has 3 aromatic heterocycles. The average Bonchev–Trinajstić information content (AvgIpc) is 3.26. The van der Waals surface area contributed by atoms with Crippen molar-refractivity contribution in [1.82, 2.24) is 29.6 Å². The van der Waals surface area contributed by atoms with E-state index in [4.69, 9.17) is 0 Å². The van der Waals surface area contributed by atoms with Gasteiger partial charge in [0.2, 0.25) is 0 Å². The van der Waals surface area contributed by atoms with Crippen LogP contribution in [0.5, 0.6) is 0 Å². The molecule has 3 rings (SSSR count). The van der Waals surface area contributed by atoms with Crippen molar-refractivity contribution >= 4 is 33.3 Å². The van der Waals surface area contributed by atoms with Crippen molar-refractivity contribution < 1.29 is 0 Å². The highest BCUT2D eigenvalue weighted by molar-refractivity contribution is 7.98. The summed E-state index contributed by atoms with van der Waals surface area (Å²) >= 11 is 2.99. The largest absolute Gasteiger partial charge is 0.309 e. The van der Waals surface area contributed by atoms with Gasteiger partial charge in [0.15, 0.2) is 11.0 Å². The summed E-state index contributed by atoms with van der Waals surface area (Å²) in [6.45, 7) is 5.25. The molecule has 0 saturated heterocycles. The first-order valence-corrected chi connectivity index (χ1v) is 11.1. The van der Waals surface area contributed by atoms with E-state index >= 15 is 0 Å². The van der Waals surface area contributed by atoms with Crippen molar-refractivity contribution in [1.29, 1.82) is 0 Å². The van der Waals surface area contributed by atoms with Gasteiger partial charge in [0, 0.05) is 6.54 Å². The number of unbranched alkanes of at least 4 members (excludes halogenated alkanes) is 1. The predicted octanol–water partition coefficient (Wildman–Crippen LogP) is 3.68. The van der Waals surface area contributed by atoms with Crippen LogP contribution in [0.4, 0.5) is 0 Å². The van der Waals surface area contributed by atoms with E-state index in [0.717, 1.165) is 42.3 Å². The molecule has 0 aliphatic heterocycles. The number of thioether (sulfide) groups is 1. The molecule has 0 spiro atoms. The van der Waals surface area contributed by atoms with Crippen molar-refractivity contribution in [3.05, 3.63) is 33.4 Å². The molecule has 0 radical (unpaired) electrons. The Kier molecular flexibility index (Phi) is 6.67. The van der Waals surface area contributed by atoms with E-state index in [1.807, 2.05) is 11.4 Å². The maximum absolute atomic E-state index is 12.2. The zero-order chi connectivity index (χ0) is 19.4. The third-order valence-corrected chi connectivity index (χ3v) is 6.37. The Morgan fingerprint density at radius 1 is 1.33 bits per heavy atom. The van der Waals surface area contributed by atoms with Gasteiger partial charge in [-0.3, -0.25) is 9.69 Å². The number of thiophene rings is 1. The fraction of sp³-hybridized carbons (Fsp3) is 0.556. The standard InChI is InChI=1S/C18H26N6OS2/c1-5-7-9-24-16(13(6-2)23(3)4)21-22-18(24)27-11-14-19-12-8-10-26-15(12)17(25)20-14/h8,10,13H,5-7,9,11H2,1-4H3,(H,19,20,25). The van der Waals surface area contributed by atoms with Gasteiger partial charge in [0.25, 0.3) is 5.56 Å². The lowest BCUT2D eigenvalue weighted by molar-refractivity contribution is 0.270. The summed E-state index contributed by atoms with van der Waals surface area (Å²) in [6.07, 6.45) is 3.17. The summed E-state index contributed by atoms with van der Waals surface area (Å²) in [5.74, 6) is 2.24. The van der Waals surface area contributed by atoms with Crippen LogP contribution < -0.4 is 5.56 Å². The number of nitrogens with zero attached hydrogens (tertiary/aromatic N) is 5. The van der Waals surface area contributed by atoms with Gasteiger partial charge >= 0.3 is 0 Å². The lowest BCUT2D eigenvalue weighted by Gasteiger charge is -2.23. The fourth-order valence-electron chi connectivity index (χ4n) is 3.08. The van der Waals surface area contributed by atoms with Crippen LogP contribution in [0, 0.1) is 0 Å². The molecule has 7 nitrogen and oxygen atoms in total. The molecule has 3 aromatic rings. The van der Waals surface area contributed by atoms with Gasteiger partial charge in [-0.05, 0) is 38.4 Å². The Morgan fingerprint density at radius 3 is 2.85 bits per heavy atom. The third-order valence-electron chi connectivity index (χ3n) is 4.49. The molecule has 146 valence electrons. The van der Waals surface area contributed by atoms with Crippen LogP contribution in [0.25, 0.3) is 10.2 Å². The second kappa shape index (κ2) is 8.99. The second-order valence-corrected chi connectivity index (χ2v) is 8.53. The summed E-state index contributed by atoms with van der Waals surface area (Å²) in [7, 11) is 4.15. The summed E-state index contributed by atoms with van der Waals surface area (Å²) in [5.41, 5.74) is 0.684. The molecule has 0 bridgehead atoms. The molecule has 27 heavy (non-hydrogen) atoms. The second-order valence-electron chi connectivity index (χ2n) is 6.67. The van der Waals surface area contributed by atoms with Crippen LogP contribution in [-0.4, -0.2) is 43.7 Å². The topological polar surface area (TPSA) is 79.7 Å². The van der Waals surface area contributed by atoms with Crippen LogP contribution in [-0.2, 0) is 12.3 Å². The molecule has 1 atom stereocenters. The molecule has 0 amide bonds. The van der Waals surface area contributed by atoms with Gasteiger partial charge in [-0.1, -0.05) is 32.0 Å². The maximum Gasteiger partial charge on any atom is 0.268 e. The first kappa shape index (κ1) is 20.0. The van der Waals surface area contributed by atoms with Crippen LogP contribution in [0.2, 0.25) is 0 Å². The number of hydrogen-bond donors (Lipinski definition) is 1. The molecule has 0 aliphatic carbocycles. The number of fused-ring (bicyclic) bond motifs is 1. The highest BCUT2D eigenvalue weighted by Gasteiger charge is 2.22. The first-order valence-electron chi connectivity index (χ1n) is 9.23. The minimum Gasteiger partial charge on any atom is -0.309 e. The maximum atomic E-state index is 12.2. The minimum atomic E-state index is -0.0719. The van der Waals surface area contributed by atoms with E-state index in [1.54, 1.807) is 11.8 Å². The van der Waals surface area contributed by atoms with Gasteiger partial charge in [-0.15, -0.1) is 21.5 Å². The van der Waals surface area contributed by atoms with E-state index in [-0.39, 0.29) is 11.6 Å². The molecule has 0 saturated carbocycles. The van der Waals surface area contributed by atoms with Crippen molar-refractivity contribution in [2.24, 2.45) is 0 Å². The number of H-pyrrole nitrogens is 1. The van der Waals surface area contributed by atoms with Gasteiger partial charge < -0.3 is 9.55 Å². The van der Waals surface area contributed by atoms with Gasteiger partial charge in [0.05, 0.1) is 17.3 Å². The van der Waals surface area contributed by atoms with E-state index in [0.29, 0.717) is 16.3 Å². The number of hydrogen-bond acceptors (Lipinski definition) is 7. The Morgan fingerprint density at radius 2 is 2.15 bits per heavy atom. The zero-order valence-corrected chi connectivity index (χ0v) is 17.9. The average molecular weight is 407 g/mol. The zero-order valence-electron chi connectivity index (χ0n) is 16.2. The quantitative estimate of drug-likeness (QED) is 0.546.